The third-order valence-electron chi connectivity index (χ3n) is 3.91. The van der Waals surface area contributed by atoms with Crippen LogP contribution in [0.25, 0.3) is 11.1 Å². The summed E-state index contributed by atoms with van der Waals surface area (Å²) in [4.78, 5) is 0. The molecule has 118 valence electrons. The van der Waals surface area contributed by atoms with Crippen LogP contribution in [0.1, 0.15) is 52.7 Å². The van der Waals surface area contributed by atoms with Crippen LogP contribution in [0.4, 0.5) is 0 Å². The summed E-state index contributed by atoms with van der Waals surface area (Å²) in [5.41, 5.74) is 4.43. The van der Waals surface area contributed by atoms with Gasteiger partial charge in [-0.15, -0.1) is 0 Å². The smallest absolute Gasteiger partial charge is 0.119 e. The highest BCUT2D eigenvalue weighted by atomic mass is 16.3. The molecule has 2 N–H and O–H groups in total. The fourth-order valence-electron chi connectivity index (χ4n) is 2.63. The lowest BCUT2D eigenvalue weighted by atomic mass is 9.77. The van der Waals surface area contributed by atoms with Crippen LogP contribution >= 0.6 is 0 Å². The molecule has 0 aliphatic rings. The van der Waals surface area contributed by atoms with Gasteiger partial charge in [-0.1, -0.05) is 59.7 Å². The number of hydrogen-bond acceptors (Lipinski definition) is 2. The van der Waals surface area contributed by atoms with Gasteiger partial charge in [0.1, 0.15) is 11.5 Å². The summed E-state index contributed by atoms with van der Waals surface area (Å²) >= 11 is 0. The van der Waals surface area contributed by atoms with E-state index >= 15 is 0 Å². The Morgan fingerprint density at radius 2 is 1.23 bits per heavy atom. The minimum Gasteiger partial charge on any atom is -0.508 e. The highest BCUT2D eigenvalue weighted by molar-refractivity contribution is 5.72. The van der Waals surface area contributed by atoms with Gasteiger partial charge in [-0.05, 0) is 45.2 Å². The molecule has 0 fully saturated rings. The maximum absolute atomic E-state index is 9.77. The first-order valence-electron chi connectivity index (χ1n) is 7.67. The molecule has 2 heteroatoms. The van der Waals surface area contributed by atoms with E-state index in [-0.39, 0.29) is 22.3 Å². The summed E-state index contributed by atoms with van der Waals surface area (Å²) in [5, 5.41) is 19.5. The Morgan fingerprint density at radius 1 is 0.682 bits per heavy atom. The van der Waals surface area contributed by atoms with E-state index in [1.165, 1.54) is 17.2 Å². The van der Waals surface area contributed by atoms with Crippen molar-refractivity contribution in [3.05, 3.63) is 47.5 Å². The molecule has 0 atom stereocenters. The van der Waals surface area contributed by atoms with Crippen molar-refractivity contribution in [3.8, 4) is 22.6 Å². The van der Waals surface area contributed by atoms with Gasteiger partial charge in [-0.2, -0.15) is 0 Å². The first-order chi connectivity index (χ1) is 9.98. The largest absolute Gasteiger partial charge is 0.508 e. The molecule has 22 heavy (non-hydrogen) atoms. The van der Waals surface area contributed by atoms with Crippen molar-refractivity contribution in [2.45, 2.75) is 52.4 Å². The number of phenols is 2. The zero-order chi connectivity index (χ0) is 16.7. The van der Waals surface area contributed by atoms with Gasteiger partial charge in [-0.3, -0.25) is 0 Å². The predicted octanol–water partition coefficient (Wildman–Crippen LogP) is 5.36. The average Bonchev–Trinajstić information content (AvgIpc) is 2.34. The lowest BCUT2D eigenvalue weighted by molar-refractivity contribution is 0.451. The Balaban J connectivity index is 2.70. The molecule has 0 bridgehead atoms. The Bertz CT molecular complexity index is 666. The predicted molar refractivity (Wildman–Crippen MR) is 92.6 cm³/mol. The Hall–Kier alpha value is -1.96. The molecule has 0 radical (unpaired) electrons. The summed E-state index contributed by atoms with van der Waals surface area (Å²) in [6.07, 6.45) is 0. The van der Waals surface area contributed by atoms with Crippen molar-refractivity contribution >= 4 is 0 Å². The van der Waals surface area contributed by atoms with Crippen LogP contribution in [0.5, 0.6) is 11.5 Å². The monoisotopic (exact) mass is 298 g/mol. The zero-order valence-corrected chi connectivity index (χ0v) is 14.4. The number of aromatic hydroxyl groups is 2. The van der Waals surface area contributed by atoms with Gasteiger partial charge >= 0.3 is 0 Å². The van der Waals surface area contributed by atoms with Crippen LogP contribution in [0, 0.1) is 0 Å². The van der Waals surface area contributed by atoms with Gasteiger partial charge < -0.3 is 10.2 Å². The van der Waals surface area contributed by atoms with E-state index in [1.54, 1.807) is 12.1 Å². The lowest BCUT2D eigenvalue weighted by Crippen LogP contribution is -2.17. The van der Waals surface area contributed by atoms with E-state index < -0.39 is 0 Å². The van der Waals surface area contributed by atoms with Gasteiger partial charge in [0, 0.05) is 6.07 Å². The van der Waals surface area contributed by atoms with Crippen molar-refractivity contribution in [1.29, 1.82) is 0 Å². The first-order valence-corrected chi connectivity index (χ1v) is 7.67. The molecular formula is C20H26O2. The quantitative estimate of drug-likeness (QED) is 0.744. The molecule has 0 saturated heterocycles. The molecule has 0 heterocycles. The first kappa shape index (κ1) is 16.4. The summed E-state index contributed by atoms with van der Waals surface area (Å²) in [5.74, 6) is 0.157. The number of hydrogen-bond donors (Lipinski definition) is 2. The molecule has 0 amide bonds. The zero-order valence-electron chi connectivity index (χ0n) is 14.4. The lowest BCUT2D eigenvalue weighted by Gasteiger charge is -2.27. The van der Waals surface area contributed by atoms with E-state index in [4.69, 9.17) is 0 Å². The van der Waals surface area contributed by atoms with Crippen LogP contribution in [0.3, 0.4) is 0 Å². The van der Waals surface area contributed by atoms with Gasteiger partial charge in [0.25, 0.3) is 0 Å². The van der Waals surface area contributed by atoms with E-state index in [1.807, 2.05) is 0 Å². The number of rotatable bonds is 1. The highest BCUT2D eigenvalue weighted by Crippen LogP contribution is 2.38. The second kappa shape index (κ2) is 5.35. The summed E-state index contributed by atoms with van der Waals surface area (Å²) < 4.78 is 0. The van der Waals surface area contributed by atoms with Crippen molar-refractivity contribution in [3.63, 3.8) is 0 Å². The molecule has 2 aromatic carbocycles. The Morgan fingerprint density at radius 3 is 1.68 bits per heavy atom. The molecule has 0 aliphatic heterocycles. The van der Waals surface area contributed by atoms with Crippen LogP contribution in [0.15, 0.2) is 36.4 Å². The minimum absolute atomic E-state index is 0.0301. The SMILES string of the molecule is CC(C)(C)c1ccc(-c2cc(O)cc(O)c2)c(C(C)(C)C)c1. The maximum atomic E-state index is 9.77. The molecule has 2 nitrogen and oxygen atoms in total. The summed E-state index contributed by atoms with van der Waals surface area (Å²) in [7, 11) is 0. The van der Waals surface area contributed by atoms with E-state index in [0.29, 0.717) is 0 Å². The van der Waals surface area contributed by atoms with Gasteiger partial charge in [0.15, 0.2) is 0 Å². The topological polar surface area (TPSA) is 40.5 Å². The Labute approximate surface area is 133 Å². The second-order valence-corrected chi connectivity index (χ2v) is 8.00. The van der Waals surface area contributed by atoms with Crippen LogP contribution < -0.4 is 0 Å². The minimum atomic E-state index is -0.0301. The van der Waals surface area contributed by atoms with Gasteiger partial charge in [0.05, 0.1) is 0 Å². The molecule has 0 spiro atoms. The maximum Gasteiger partial charge on any atom is 0.119 e. The molecule has 2 rings (SSSR count). The number of phenolic OH excluding ortho intramolecular Hbond substituents is 2. The van der Waals surface area contributed by atoms with E-state index in [0.717, 1.165) is 11.1 Å². The van der Waals surface area contributed by atoms with Crippen LogP contribution in [0.2, 0.25) is 0 Å². The highest BCUT2D eigenvalue weighted by Gasteiger charge is 2.23. The average molecular weight is 298 g/mol. The van der Waals surface area contributed by atoms with E-state index in [9.17, 15) is 10.2 Å². The second-order valence-electron chi connectivity index (χ2n) is 8.00. The summed E-state index contributed by atoms with van der Waals surface area (Å²) in [6.45, 7) is 13.2. The van der Waals surface area contributed by atoms with Gasteiger partial charge in [0.2, 0.25) is 0 Å². The number of benzene rings is 2. The molecular weight excluding hydrogens is 272 g/mol. The molecule has 0 aromatic heterocycles. The van der Waals surface area contributed by atoms with E-state index in [2.05, 4.69) is 59.7 Å². The third-order valence-corrected chi connectivity index (χ3v) is 3.91. The molecule has 0 aliphatic carbocycles. The molecule has 0 saturated carbocycles. The molecule has 0 unspecified atom stereocenters. The standard InChI is InChI=1S/C20H26O2/c1-19(2,3)14-7-8-17(18(11-14)20(4,5)6)13-9-15(21)12-16(22)10-13/h7-12,21-22H,1-6H3. The van der Waals surface area contributed by atoms with Crippen LogP contribution in [-0.2, 0) is 10.8 Å². The third kappa shape index (κ3) is 3.44. The Kier molecular flexibility index (Phi) is 3.99. The van der Waals surface area contributed by atoms with Crippen LogP contribution in [-0.4, -0.2) is 10.2 Å². The van der Waals surface area contributed by atoms with Crippen molar-refractivity contribution < 1.29 is 10.2 Å². The normalized spacial score (nSPS) is 12.5. The van der Waals surface area contributed by atoms with Crippen molar-refractivity contribution in [1.82, 2.24) is 0 Å². The van der Waals surface area contributed by atoms with Crippen molar-refractivity contribution in [2.75, 3.05) is 0 Å². The fraction of sp³-hybridized carbons (Fsp3) is 0.400. The summed E-state index contributed by atoms with van der Waals surface area (Å²) in [6, 6.07) is 11.2. The molecule has 2 aromatic rings. The van der Waals surface area contributed by atoms with Crippen molar-refractivity contribution in [2.24, 2.45) is 0 Å². The van der Waals surface area contributed by atoms with Gasteiger partial charge in [-0.25, -0.2) is 0 Å². The fourth-order valence-corrected chi connectivity index (χ4v) is 2.63.